The van der Waals surface area contributed by atoms with Crippen molar-refractivity contribution in [2.45, 2.75) is 18.9 Å². The Morgan fingerprint density at radius 3 is 2.85 bits per heavy atom. The fourth-order valence-corrected chi connectivity index (χ4v) is 3.26. The maximum atomic E-state index is 12.4. The lowest BCUT2D eigenvalue weighted by molar-refractivity contribution is -0.125. The van der Waals surface area contributed by atoms with Crippen LogP contribution in [0, 0.1) is 0 Å². The average molecular weight is 352 g/mol. The van der Waals surface area contributed by atoms with Crippen molar-refractivity contribution in [3.63, 3.8) is 0 Å². The number of carbonyl (C=O) groups excluding carboxylic acids is 2. The minimum absolute atomic E-state index is 0.108. The van der Waals surface area contributed by atoms with Gasteiger partial charge in [0.05, 0.1) is 5.69 Å². The van der Waals surface area contributed by atoms with Crippen molar-refractivity contribution < 1.29 is 14.3 Å². The number of fused-ring (bicyclic) bond motifs is 1. The number of urea groups is 1. The summed E-state index contributed by atoms with van der Waals surface area (Å²) in [5, 5.41) is 2.89. The Balaban J connectivity index is 1.41. The Morgan fingerprint density at radius 2 is 2.12 bits per heavy atom. The number of nitrogens with zero attached hydrogens (tertiary/aromatic N) is 3. The first-order valence-corrected chi connectivity index (χ1v) is 8.57. The van der Waals surface area contributed by atoms with E-state index in [1.807, 2.05) is 18.3 Å². The molecule has 1 aromatic carbocycles. The molecule has 3 amide bonds. The molecule has 2 aliphatic heterocycles. The molecule has 0 saturated carbocycles. The lowest BCUT2D eigenvalue weighted by Gasteiger charge is -2.39. The molecule has 4 rings (SSSR count). The number of anilines is 2. The number of carbonyl (C=O) groups is 2. The van der Waals surface area contributed by atoms with E-state index in [0.717, 1.165) is 5.56 Å². The molecule has 1 unspecified atom stereocenters. The van der Waals surface area contributed by atoms with Gasteiger partial charge in [-0.15, -0.1) is 0 Å². The number of likely N-dealkylation sites (tertiary alicyclic amines) is 1. The Labute approximate surface area is 151 Å². The number of amides is 3. The number of rotatable bonds is 2. The standard InChI is InChI=1S/C19H20N4O3/c1-12-18(24)22(2)16-8-15(5-6-17(16)26-12)21-19(25)23-10-14(11-23)13-4-3-7-20-9-13/h3-9,12,14H,10-11H2,1-2H3,(H,21,25). The van der Waals surface area contributed by atoms with Crippen LogP contribution in [0.4, 0.5) is 16.2 Å². The molecular formula is C19H20N4O3. The molecule has 1 fully saturated rings. The molecule has 0 bridgehead atoms. The largest absolute Gasteiger partial charge is 0.479 e. The second-order valence-corrected chi connectivity index (χ2v) is 6.66. The maximum absolute atomic E-state index is 12.4. The predicted octanol–water partition coefficient (Wildman–Crippen LogP) is 2.46. The van der Waals surface area contributed by atoms with E-state index in [0.29, 0.717) is 36.1 Å². The van der Waals surface area contributed by atoms with Crippen molar-refractivity contribution in [2.24, 2.45) is 0 Å². The van der Waals surface area contributed by atoms with E-state index in [2.05, 4.69) is 10.3 Å². The number of aromatic nitrogens is 1. The van der Waals surface area contributed by atoms with Gasteiger partial charge >= 0.3 is 6.03 Å². The molecule has 26 heavy (non-hydrogen) atoms. The van der Waals surface area contributed by atoms with E-state index in [9.17, 15) is 9.59 Å². The summed E-state index contributed by atoms with van der Waals surface area (Å²) in [5.41, 5.74) is 2.44. The molecule has 1 atom stereocenters. The summed E-state index contributed by atoms with van der Waals surface area (Å²) in [6, 6.07) is 9.11. The van der Waals surface area contributed by atoms with E-state index in [-0.39, 0.29) is 11.9 Å². The van der Waals surface area contributed by atoms with Gasteiger partial charge < -0.3 is 19.9 Å². The second kappa shape index (κ2) is 6.33. The Kier molecular flexibility index (Phi) is 3.99. The number of pyridine rings is 1. The number of likely N-dealkylation sites (N-methyl/N-ethyl adjacent to an activating group) is 1. The van der Waals surface area contributed by atoms with Gasteiger partial charge in [-0.3, -0.25) is 9.78 Å². The summed E-state index contributed by atoms with van der Waals surface area (Å²) < 4.78 is 5.60. The minimum atomic E-state index is -0.501. The molecule has 2 aliphatic rings. The van der Waals surface area contributed by atoms with Crippen molar-refractivity contribution in [3.05, 3.63) is 48.3 Å². The smallest absolute Gasteiger partial charge is 0.321 e. The van der Waals surface area contributed by atoms with Crippen molar-refractivity contribution in [3.8, 4) is 5.75 Å². The fraction of sp³-hybridized carbons (Fsp3) is 0.316. The molecule has 0 radical (unpaired) electrons. The van der Waals surface area contributed by atoms with Gasteiger partial charge in [-0.2, -0.15) is 0 Å². The predicted molar refractivity (Wildman–Crippen MR) is 97.5 cm³/mol. The highest BCUT2D eigenvalue weighted by Gasteiger charge is 2.32. The number of nitrogens with one attached hydrogen (secondary N) is 1. The number of benzene rings is 1. The maximum Gasteiger partial charge on any atom is 0.321 e. The first kappa shape index (κ1) is 16.4. The normalized spacial score (nSPS) is 19.5. The number of hydrogen-bond acceptors (Lipinski definition) is 4. The van der Waals surface area contributed by atoms with Crippen LogP contribution in [0.5, 0.6) is 5.75 Å². The van der Waals surface area contributed by atoms with E-state index >= 15 is 0 Å². The molecule has 1 saturated heterocycles. The van der Waals surface area contributed by atoms with Crippen LogP contribution >= 0.6 is 0 Å². The lowest BCUT2D eigenvalue weighted by Crippen LogP contribution is -2.50. The van der Waals surface area contributed by atoms with Crippen LogP contribution in [0.3, 0.4) is 0 Å². The third-order valence-electron chi connectivity index (χ3n) is 4.88. The van der Waals surface area contributed by atoms with Gasteiger partial charge in [-0.25, -0.2) is 4.79 Å². The van der Waals surface area contributed by atoms with Gasteiger partial charge in [0.25, 0.3) is 5.91 Å². The zero-order valence-electron chi connectivity index (χ0n) is 14.7. The van der Waals surface area contributed by atoms with Crippen molar-refractivity contribution in [1.82, 2.24) is 9.88 Å². The highest BCUT2D eigenvalue weighted by Crippen LogP contribution is 2.35. The second-order valence-electron chi connectivity index (χ2n) is 6.66. The Hall–Kier alpha value is -3.09. The average Bonchev–Trinajstić information content (AvgIpc) is 2.60. The zero-order valence-corrected chi connectivity index (χ0v) is 14.7. The molecule has 3 heterocycles. The van der Waals surface area contributed by atoms with E-state index in [4.69, 9.17) is 4.74 Å². The molecule has 1 aromatic heterocycles. The number of hydrogen-bond donors (Lipinski definition) is 1. The van der Waals surface area contributed by atoms with Crippen LogP contribution in [0.1, 0.15) is 18.4 Å². The van der Waals surface area contributed by atoms with Gasteiger partial charge in [-0.1, -0.05) is 6.07 Å². The van der Waals surface area contributed by atoms with Gasteiger partial charge in [0, 0.05) is 44.1 Å². The Bertz CT molecular complexity index is 849. The molecule has 2 aromatic rings. The van der Waals surface area contributed by atoms with Crippen LogP contribution in [-0.4, -0.2) is 48.1 Å². The summed E-state index contributed by atoms with van der Waals surface area (Å²) in [6.07, 6.45) is 3.09. The zero-order chi connectivity index (χ0) is 18.3. The molecule has 0 aliphatic carbocycles. The van der Waals surface area contributed by atoms with Crippen molar-refractivity contribution >= 4 is 23.3 Å². The van der Waals surface area contributed by atoms with Crippen molar-refractivity contribution in [1.29, 1.82) is 0 Å². The van der Waals surface area contributed by atoms with Crippen LogP contribution in [0.15, 0.2) is 42.7 Å². The van der Waals surface area contributed by atoms with Crippen LogP contribution in [0.25, 0.3) is 0 Å². The summed E-state index contributed by atoms with van der Waals surface area (Å²) in [6.45, 7) is 3.06. The summed E-state index contributed by atoms with van der Waals surface area (Å²) in [7, 11) is 1.71. The molecule has 0 spiro atoms. The molecule has 1 N–H and O–H groups in total. The van der Waals surface area contributed by atoms with Gasteiger partial charge in [-0.05, 0) is 36.8 Å². The van der Waals surface area contributed by atoms with Gasteiger partial charge in [0.2, 0.25) is 0 Å². The molecule has 7 heteroatoms. The minimum Gasteiger partial charge on any atom is -0.479 e. The highest BCUT2D eigenvalue weighted by atomic mass is 16.5. The third kappa shape index (κ3) is 2.85. The van der Waals surface area contributed by atoms with Crippen LogP contribution in [-0.2, 0) is 4.79 Å². The van der Waals surface area contributed by atoms with E-state index < -0.39 is 6.10 Å². The first-order valence-electron chi connectivity index (χ1n) is 8.57. The van der Waals surface area contributed by atoms with Crippen LogP contribution < -0.4 is 15.0 Å². The SMILES string of the molecule is CC1Oc2ccc(NC(=O)N3CC(c4cccnc4)C3)cc2N(C)C1=O. The summed E-state index contributed by atoms with van der Waals surface area (Å²) >= 11 is 0. The fourth-order valence-electron chi connectivity index (χ4n) is 3.26. The topological polar surface area (TPSA) is 74.8 Å². The van der Waals surface area contributed by atoms with Gasteiger partial charge in [0.1, 0.15) is 5.75 Å². The van der Waals surface area contributed by atoms with Crippen molar-refractivity contribution in [2.75, 3.05) is 30.4 Å². The third-order valence-corrected chi connectivity index (χ3v) is 4.88. The monoisotopic (exact) mass is 352 g/mol. The van der Waals surface area contributed by atoms with Gasteiger partial charge in [0.15, 0.2) is 6.10 Å². The van der Waals surface area contributed by atoms with E-state index in [1.54, 1.807) is 48.2 Å². The quantitative estimate of drug-likeness (QED) is 0.901. The molecule has 134 valence electrons. The van der Waals surface area contributed by atoms with Crippen LogP contribution in [0.2, 0.25) is 0 Å². The summed E-state index contributed by atoms with van der Waals surface area (Å²) in [4.78, 5) is 31.9. The highest BCUT2D eigenvalue weighted by molar-refractivity contribution is 6.00. The molecule has 7 nitrogen and oxygen atoms in total. The Morgan fingerprint density at radius 1 is 1.31 bits per heavy atom. The van der Waals surface area contributed by atoms with E-state index in [1.165, 1.54) is 0 Å². The summed E-state index contributed by atoms with van der Waals surface area (Å²) in [5.74, 6) is 0.859. The molecular weight excluding hydrogens is 332 g/mol. The first-order chi connectivity index (χ1) is 12.5. The number of ether oxygens (including phenoxy) is 1. The lowest BCUT2D eigenvalue weighted by atomic mass is 9.93.